The third-order valence-electron chi connectivity index (χ3n) is 3.12. The van der Waals surface area contributed by atoms with E-state index in [1.165, 1.54) is 20.2 Å². The number of aliphatic carboxylic acids is 1. The predicted molar refractivity (Wildman–Crippen MR) is 94.4 cm³/mol. The van der Waals surface area contributed by atoms with E-state index in [0.717, 1.165) is 0 Å². The molecule has 2 aromatic carbocycles. The smallest absolute Gasteiger partial charge is 0.344 e. The number of hydrogen-bond donors (Lipinski definition) is 1. The molecule has 2 rings (SSSR count). The summed E-state index contributed by atoms with van der Waals surface area (Å²) in [6.07, 6.45) is 0.495. The lowest BCUT2D eigenvalue weighted by atomic mass is 10.2. The summed E-state index contributed by atoms with van der Waals surface area (Å²) >= 11 is 11.9. The van der Waals surface area contributed by atoms with Gasteiger partial charge in [-0.15, -0.1) is 0 Å². The van der Waals surface area contributed by atoms with Crippen LogP contribution in [0.1, 0.15) is 12.5 Å². The zero-order valence-electron chi connectivity index (χ0n) is 13.0. The van der Waals surface area contributed by atoms with Crippen molar-refractivity contribution in [1.29, 1.82) is 0 Å². The van der Waals surface area contributed by atoms with Gasteiger partial charge in [0, 0.05) is 16.8 Å². The number of para-hydroxylation sites is 1. The first-order chi connectivity index (χ1) is 11.4. The van der Waals surface area contributed by atoms with Crippen molar-refractivity contribution in [2.75, 3.05) is 7.11 Å². The van der Waals surface area contributed by atoms with Crippen LogP contribution in [-0.4, -0.2) is 30.5 Å². The van der Waals surface area contributed by atoms with Gasteiger partial charge in [0.05, 0.1) is 17.8 Å². The van der Waals surface area contributed by atoms with Crippen molar-refractivity contribution < 1.29 is 19.4 Å². The number of nitrogens with zero attached hydrogens (tertiary/aromatic N) is 1. The van der Waals surface area contributed by atoms with E-state index in [2.05, 4.69) is 4.99 Å². The lowest BCUT2D eigenvalue weighted by Crippen LogP contribution is -2.23. The Morgan fingerprint density at radius 1 is 1.29 bits per heavy atom. The molecular weight excluding hydrogens is 353 g/mol. The normalized spacial score (nSPS) is 12.2. The molecule has 1 atom stereocenters. The predicted octanol–water partition coefficient (Wildman–Crippen LogP) is 4.60. The van der Waals surface area contributed by atoms with Gasteiger partial charge < -0.3 is 14.6 Å². The van der Waals surface area contributed by atoms with E-state index < -0.39 is 12.1 Å². The number of halogens is 2. The number of ether oxygens (including phenoxy) is 2. The minimum absolute atomic E-state index is 0.295. The summed E-state index contributed by atoms with van der Waals surface area (Å²) < 4.78 is 10.7. The Morgan fingerprint density at radius 2 is 2.04 bits per heavy atom. The third-order valence-corrected chi connectivity index (χ3v) is 3.66. The SMILES string of the molecule is COc1cccc(C=Nc2ccc(Cl)cc2Cl)c1O[C@@H](C)C(=O)O. The minimum atomic E-state index is -1.08. The first kappa shape index (κ1) is 18.1. The molecule has 24 heavy (non-hydrogen) atoms. The number of aliphatic imine (C=N–C) groups is 1. The molecule has 1 N–H and O–H groups in total. The number of carboxylic acid groups (broad SMARTS) is 1. The fourth-order valence-corrected chi connectivity index (χ4v) is 2.33. The second-order valence-electron chi connectivity index (χ2n) is 4.83. The molecule has 0 aliphatic carbocycles. The molecule has 0 saturated carbocycles. The van der Waals surface area contributed by atoms with Gasteiger partial charge in [0.15, 0.2) is 17.6 Å². The van der Waals surface area contributed by atoms with Gasteiger partial charge in [-0.05, 0) is 37.3 Å². The van der Waals surface area contributed by atoms with Gasteiger partial charge in [0.2, 0.25) is 0 Å². The fraction of sp³-hybridized carbons (Fsp3) is 0.176. The van der Waals surface area contributed by atoms with Crippen molar-refractivity contribution in [1.82, 2.24) is 0 Å². The number of benzene rings is 2. The number of hydrogen-bond acceptors (Lipinski definition) is 4. The van der Waals surface area contributed by atoms with Gasteiger partial charge in [-0.3, -0.25) is 4.99 Å². The second-order valence-corrected chi connectivity index (χ2v) is 5.67. The van der Waals surface area contributed by atoms with Crippen LogP contribution < -0.4 is 9.47 Å². The van der Waals surface area contributed by atoms with Gasteiger partial charge in [-0.25, -0.2) is 4.79 Å². The summed E-state index contributed by atoms with van der Waals surface area (Å²) in [5.74, 6) is -0.373. The topological polar surface area (TPSA) is 68.1 Å². The second kappa shape index (κ2) is 8.04. The van der Waals surface area contributed by atoms with E-state index in [9.17, 15) is 4.79 Å². The highest BCUT2D eigenvalue weighted by Crippen LogP contribution is 2.32. The van der Waals surface area contributed by atoms with Crippen LogP contribution in [0, 0.1) is 0 Å². The monoisotopic (exact) mass is 367 g/mol. The van der Waals surface area contributed by atoms with E-state index in [1.54, 1.807) is 36.4 Å². The highest BCUT2D eigenvalue weighted by Gasteiger charge is 2.17. The van der Waals surface area contributed by atoms with Crippen LogP contribution in [0.25, 0.3) is 0 Å². The first-order valence-electron chi connectivity index (χ1n) is 6.98. The molecule has 0 saturated heterocycles. The van der Waals surface area contributed by atoms with Crippen molar-refractivity contribution in [3.05, 3.63) is 52.0 Å². The van der Waals surface area contributed by atoms with Gasteiger partial charge in [0.1, 0.15) is 0 Å². The summed E-state index contributed by atoms with van der Waals surface area (Å²) in [6, 6.07) is 10.1. The highest BCUT2D eigenvalue weighted by atomic mass is 35.5. The summed E-state index contributed by atoms with van der Waals surface area (Å²) in [5.41, 5.74) is 1.09. The Morgan fingerprint density at radius 3 is 2.67 bits per heavy atom. The Bertz CT molecular complexity index is 777. The van der Waals surface area contributed by atoms with Crippen LogP contribution in [0.4, 0.5) is 5.69 Å². The minimum Gasteiger partial charge on any atom is -0.493 e. The maximum atomic E-state index is 11.0. The summed E-state index contributed by atoms with van der Waals surface area (Å²) in [6.45, 7) is 1.44. The first-order valence-corrected chi connectivity index (χ1v) is 7.73. The zero-order valence-corrected chi connectivity index (χ0v) is 14.5. The van der Waals surface area contributed by atoms with Crippen molar-refractivity contribution in [3.63, 3.8) is 0 Å². The van der Waals surface area contributed by atoms with Crippen LogP contribution in [-0.2, 0) is 4.79 Å². The number of rotatable bonds is 6. The molecule has 126 valence electrons. The number of carbonyl (C=O) groups is 1. The standard InChI is InChI=1S/C17H15Cl2NO4/c1-10(17(21)22)24-16-11(4-3-5-15(16)23-2)9-20-14-7-6-12(18)8-13(14)19/h3-10H,1-2H3,(H,21,22)/t10-/m0/s1. The Hall–Kier alpha value is -2.24. The number of carboxylic acids is 1. The van der Waals surface area contributed by atoms with Crippen LogP contribution in [0.5, 0.6) is 11.5 Å². The van der Waals surface area contributed by atoms with E-state index in [1.807, 2.05) is 0 Å². The van der Waals surface area contributed by atoms with E-state index in [-0.39, 0.29) is 0 Å². The lowest BCUT2D eigenvalue weighted by Gasteiger charge is -2.15. The van der Waals surface area contributed by atoms with Crippen LogP contribution in [0.3, 0.4) is 0 Å². The highest BCUT2D eigenvalue weighted by molar-refractivity contribution is 6.36. The van der Waals surface area contributed by atoms with Crippen LogP contribution in [0.2, 0.25) is 10.0 Å². The molecule has 7 heteroatoms. The van der Waals surface area contributed by atoms with Crippen LogP contribution >= 0.6 is 23.2 Å². The zero-order chi connectivity index (χ0) is 17.7. The largest absolute Gasteiger partial charge is 0.493 e. The van der Waals surface area contributed by atoms with Crippen molar-refractivity contribution in [3.8, 4) is 11.5 Å². The molecule has 0 amide bonds. The molecule has 0 spiro atoms. The van der Waals surface area contributed by atoms with Gasteiger partial charge in [-0.1, -0.05) is 29.3 Å². The van der Waals surface area contributed by atoms with E-state index in [4.69, 9.17) is 37.8 Å². The molecule has 0 aliphatic heterocycles. The molecule has 0 aliphatic rings. The molecule has 2 aromatic rings. The average molecular weight is 368 g/mol. The van der Waals surface area contributed by atoms with Gasteiger partial charge in [-0.2, -0.15) is 0 Å². The average Bonchev–Trinajstić information content (AvgIpc) is 2.54. The summed E-state index contributed by atoms with van der Waals surface area (Å²) in [4.78, 5) is 15.3. The summed E-state index contributed by atoms with van der Waals surface area (Å²) in [5, 5.41) is 9.96. The van der Waals surface area contributed by atoms with Crippen LogP contribution in [0.15, 0.2) is 41.4 Å². The summed E-state index contributed by atoms with van der Waals surface area (Å²) in [7, 11) is 1.48. The molecule has 0 heterocycles. The van der Waals surface area contributed by atoms with Gasteiger partial charge >= 0.3 is 5.97 Å². The van der Waals surface area contributed by atoms with E-state index >= 15 is 0 Å². The van der Waals surface area contributed by atoms with Crippen molar-refractivity contribution >= 4 is 41.1 Å². The quantitative estimate of drug-likeness (QED) is 0.757. The maximum Gasteiger partial charge on any atom is 0.344 e. The van der Waals surface area contributed by atoms with E-state index in [0.29, 0.717) is 32.8 Å². The third kappa shape index (κ3) is 4.40. The molecule has 0 unspecified atom stereocenters. The van der Waals surface area contributed by atoms with Crippen molar-refractivity contribution in [2.45, 2.75) is 13.0 Å². The Balaban J connectivity index is 2.38. The Kier molecular flexibility index (Phi) is 6.06. The fourth-order valence-electron chi connectivity index (χ4n) is 1.87. The number of methoxy groups -OCH3 is 1. The molecule has 0 fully saturated rings. The lowest BCUT2D eigenvalue weighted by molar-refractivity contribution is -0.144. The molecule has 5 nitrogen and oxygen atoms in total. The maximum absolute atomic E-state index is 11.0. The molecular formula is C17H15Cl2NO4. The van der Waals surface area contributed by atoms with Gasteiger partial charge in [0.25, 0.3) is 0 Å². The Labute approximate surface area is 149 Å². The molecule has 0 radical (unpaired) electrons. The van der Waals surface area contributed by atoms with Crippen molar-refractivity contribution in [2.24, 2.45) is 4.99 Å². The molecule has 0 bridgehead atoms. The molecule has 0 aromatic heterocycles.